The molecule has 2 heterocycles. The number of nitrogens with zero attached hydrogens (tertiary/aromatic N) is 2. The van der Waals surface area contributed by atoms with E-state index in [0.717, 1.165) is 18.0 Å². The van der Waals surface area contributed by atoms with Crippen molar-refractivity contribution < 1.29 is 4.79 Å². The molecule has 16 heavy (non-hydrogen) atoms. The highest BCUT2D eigenvalue weighted by atomic mass is 32.1. The van der Waals surface area contributed by atoms with Crippen molar-refractivity contribution >= 4 is 17.2 Å². The molecule has 0 aromatic carbocycles. The van der Waals surface area contributed by atoms with Crippen molar-refractivity contribution in [3.8, 4) is 0 Å². The summed E-state index contributed by atoms with van der Waals surface area (Å²) >= 11 is 1.44. The Hall–Kier alpha value is -1.20. The van der Waals surface area contributed by atoms with Crippen LogP contribution in [0.4, 0.5) is 0 Å². The minimum atomic E-state index is 0.0136. The molecule has 0 unspecified atom stereocenters. The van der Waals surface area contributed by atoms with E-state index < -0.39 is 0 Å². The molecule has 4 nitrogen and oxygen atoms in total. The molecule has 1 aromatic rings. The van der Waals surface area contributed by atoms with Crippen LogP contribution in [0, 0.1) is 0 Å². The second kappa shape index (κ2) is 4.76. The number of hydrogen-bond donors (Lipinski definition) is 1. The lowest BCUT2D eigenvalue weighted by Gasteiger charge is -2.24. The Balaban J connectivity index is 2.08. The van der Waals surface area contributed by atoms with Crippen molar-refractivity contribution in [1.82, 2.24) is 9.88 Å². The molecule has 5 heteroatoms. The van der Waals surface area contributed by atoms with Crippen molar-refractivity contribution in [3.05, 3.63) is 27.7 Å². The van der Waals surface area contributed by atoms with Crippen LogP contribution in [0.3, 0.4) is 0 Å². The van der Waals surface area contributed by atoms with E-state index in [4.69, 9.17) is 5.73 Å². The first kappa shape index (κ1) is 11.3. The standard InChI is InChI=1S/C11H15N3OS/c1-8-2-4-14(5-3-8)11(15)9-7-16-10(6-12)13-9/h2,7H,3-6,12H2,1H3. The first-order valence-electron chi connectivity index (χ1n) is 5.30. The number of thiazole rings is 1. The molecular formula is C11H15N3OS. The highest BCUT2D eigenvalue weighted by Crippen LogP contribution is 2.15. The van der Waals surface area contributed by atoms with Crippen LogP contribution in [0.15, 0.2) is 17.0 Å². The van der Waals surface area contributed by atoms with Gasteiger partial charge in [-0.05, 0) is 13.3 Å². The van der Waals surface area contributed by atoms with E-state index in [9.17, 15) is 4.79 Å². The Kier molecular flexibility index (Phi) is 3.36. The van der Waals surface area contributed by atoms with Crippen molar-refractivity contribution in [1.29, 1.82) is 0 Å². The summed E-state index contributed by atoms with van der Waals surface area (Å²) in [7, 11) is 0. The summed E-state index contributed by atoms with van der Waals surface area (Å²) in [5.41, 5.74) is 7.35. The zero-order valence-corrected chi connectivity index (χ0v) is 10.1. The maximum Gasteiger partial charge on any atom is 0.273 e. The molecule has 0 saturated carbocycles. The molecule has 1 amide bonds. The summed E-state index contributed by atoms with van der Waals surface area (Å²) in [6.45, 7) is 3.98. The lowest BCUT2D eigenvalue weighted by molar-refractivity contribution is 0.0764. The predicted molar refractivity (Wildman–Crippen MR) is 64.3 cm³/mol. The second-order valence-electron chi connectivity index (χ2n) is 3.88. The van der Waals surface area contributed by atoms with E-state index in [1.807, 2.05) is 4.90 Å². The average Bonchev–Trinajstić information content (AvgIpc) is 2.77. The molecule has 2 rings (SSSR count). The zero-order valence-electron chi connectivity index (χ0n) is 9.27. The minimum Gasteiger partial charge on any atom is -0.333 e. The number of amides is 1. The van der Waals surface area contributed by atoms with E-state index in [-0.39, 0.29) is 5.91 Å². The number of carbonyl (C=O) groups excluding carboxylic acids is 1. The largest absolute Gasteiger partial charge is 0.333 e. The lowest BCUT2D eigenvalue weighted by Crippen LogP contribution is -2.34. The number of carbonyl (C=O) groups is 1. The van der Waals surface area contributed by atoms with Crippen LogP contribution in [0.5, 0.6) is 0 Å². The fraction of sp³-hybridized carbons (Fsp3) is 0.455. The van der Waals surface area contributed by atoms with Crippen LogP contribution in [0.25, 0.3) is 0 Å². The highest BCUT2D eigenvalue weighted by molar-refractivity contribution is 7.09. The third kappa shape index (κ3) is 2.31. The molecule has 0 fully saturated rings. The smallest absolute Gasteiger partial charge is 0.273 e. The maximum absolute atomic E-state index is 12.0. The van der Waals surface area contributed by atoms with Gasteiger partial charge in [-0.3, -0.25) is 4.79 Å². The molecule has 2 N–H and O–H groups in total. The summed E-state index contributed by atoms with van der Waals surface area (Å²) in [5, 5.41) is 2.60. The van der Waals surface area contributed by atoms with Crippen LogP contribution in [0.2, 0.25) is 0 Å². The molecule has 1 aliphatic rings. The van der Waals surface area contributed by atoms with Crippen molar-refractivity contribution in [2.24, 2.45) is 5.73 Å². The zero-order chi connectivity index (χ0) is 11.5. The van der Waals surface area contributed by atoms with Crippen LogP contribution in [0.1, 0.15) is 28.8 Å². The molecule has 1 aliphatic heterocycles. The van der Waals surface area contributed by atoms with Crippen LogP contribution >= 0.6 is 11.3 Å². The van der Waals surface area contributed by atoms with Crippen molar-refractivity contribution in [2.45, 2.75) is 19.9 Å². The fourth-order valence-electron chi connectivity index (χ4n) is 1.62. The van der Waals surface area contributed by atoms with E-state index in [1.54, 1.807) is 5.38 Å². The van der Waals surface area contributed by atoms with Gasteiger partial charge in [0.25, 0.3) is 5.91 Å². The maximum atomic E-state index is 12.0. The number of aromatic nitrogens is 1. The van der Waals surface area contributed by atoms with Gasteiger partial charge in [-0.2, -0.15) is 0 Å². The van der Waals surface area contributed by atoms with Gasteiger partial charge in [0.05, 0.1) is 0 Å². The summed E-state index contributed by atoms with van der Waals surface area (Å²) in [6.07, 6.45) is 3.05. The van der Waals surface area contributed by atoms with Crippen LogP contribution in [-0.2, 0) is 6.54 Å². The molecule has 0 saturated heterocycles. The molecule has 0 bridgehead atoms. The SMILES string of the molecule is CC1=CCN(C(=O)c2csc(CN)n2)CC1. The van der Waals surface area contributed by atoms with Gasteiger partial charge in [0, 0.05) is 25.0 Å². The van der Waals surface area contributed by atoms with Gasteiger partial charge in [-0.25, -0.2) is 4.98 Å². The molecule has 86 valence electrons. The molecule has 0 atom stereocenters. The van der Waals surface area contributed by atoms with Crippen molar-refractivity contribution in [2.75, 3.05) is 13.1 Å². The predicted octanol–water partition coefficient (Wildman–Crippen LogP) is 1.39. The average molecular weight is 237 g/mol. The molecule has 0 spiro atoms. The van der Waals surface area contributed by atoms with Gasteiger partial charge in [-0.15, -0.1) is 11.3 Å². The monoisotopic (exact) mass is 237 g/mol. The number of nitrogens with two attached hydrogens (primary N) is 1. The third-order valence-corrected chi connectivity index (χ3v) is 3.54. The molecule has 0 aliphatic carbocycles. The topological polar surface area (TPSA) is 59.2 Å². The fourth-order valence-corrected chi connectivity index (χ4v) is 2.27. The summed E-state index contributed by atoms with van der Waals surface area (Å²) in [6, 6.07) is 0. The second-order valence-corrected chi connectivity index (χ2v) is 4.82. The summed E-state index contributed by atoms with van der Waals surface area (Å²) < 4.78 is 0. The normalized spacial score (nSPS) is 16.1. The summed E-state index contributed by atoms with van der Waals surface area (Å²) in [5.74, 6) is 0.0136. The Morgan fingerprint density at radius 3 is 3.06 bits per heavy atom. The van der Waals surface area contributed by atoms with Gasteiger partial charge < -0.3 is 10.6 Å². The van der Waals surface area contributed by atoms with Gasteiger partial charge in [-0.1, -0.05) is 11.6 Å². The summed E-state index contributed by atoms with van der Waals surface area (Å²) in [4.78, 5) is 18.1. The number of hydrogen-bond acceptors (Lipinski definition) is 4. The minimum absolute atomic E-state index is 0.0136. The van der Waals surface area contributed by atoms with E-state index in [2.05, 4.69) is 18.0 Å². The molecular weight excluding hydrogens is 222 g/mol. The Morgan fingerprint density at radius 1 is 1.69 bits per heavy atom. The Bertz CT molecular complexity index is 425. The van der Waals surface area contributed by atoms with Crippen molar-refractivity contribution in [3.63, 3.8) is 0 Å². The molecule has 0 radical (unpaired) electrons. The third-order valence-electron chi connectivity index (χ3n) is 2.67. The van der Waals surface area contributed by atoms with E-state index in [1.165, 1.54) is 16.9 Å². The van der Waals surface area contributed by atoms with Crippen LogP contribution in [-0.4, -0.2) is 28.9 Å². The number of rotatable bonds is 2. The van der Waals surface area contributed by atoms with E-state index >= 15 is 0 Å². The lowest BCUT2D eigenvalue weighted by atomic mass is 10.1. The first-order valence-corrected chi connectivity index (χ1v) is 6.18. The quantitative estimate of drug-likeness (QED) is 0.791. The Morgan fingerprint density at radius 2 is 2.50 bits per heavy atom. The van der Waals surface area contributed by atoms with Gasteiger partial charge in [0.2, 0.25) is 0 Å². The molecule has 1 aromatic heterocycles. The van der Waals surface area contributed by atoms with E-state index in [0.29, 0.717) is 18.8 Å². The highest BCUT2D eigenvalue weighted by Gasteiger charge is 2.19. The Labute approximate surface area is 98.8 Å². The van der Waals surface area contributed by atoms with Gasteiger partial charge >= 0.3 is 0 Å². The van der Waals surface area contributed by atoms with Crippen LogP contribution < -0.4 is 5.73 Å². The first-order chi connectivity index (χ1) is 7.70. The van der Waals surface area contributed by atoms with Gasteiger partial charge in [0.1, 0.15) is 10.7 Å². The van der Waals surface area contributed by atoms with Gasteiger partial charge in [0.15, 0.2) is 0 Å².